The second-order valence-corrected chi connectivity index (χ2v) is 11.3. The highest BCUT2D eigenvalue weighted by molar-refractivity contribution is 5.95. The average molecular weight is 652 g/mol. The fourth-order valence-electron chi connectivity index (χ4n) is 5.03. The van der Waals surface area contributed by atoms with Crippen LogP contribution in [0.25, 0.3) is 10.9 Å². The number of carbonyl (C=O) groups is 4. The molecular weight excluding hydrogens is 606 g/mol. The maximum Gasteiger partial charge on any atom is 0.326 e. The molecular formula is C32H45N9O6. The van der Waals surface area contributed by atoms with E-state index in [4.69, 9.17) is 22.9 Å². The summed E-state index contributed by atoms with van der Waals surface area (Å²) in [4.78, 5) is 59.7. The van der Waals surface area contributed by atoms with Crippen molar-refractivity contribution in [2.24, 2.45) is 27.9 Å². The summed E-state index contributed by atoms with van der Waals surface area (Å²) in [5.41, 5.74) is 24.5. The van der Waals surface area contributed by atoms with E-state index in [2.05, 4.69) is 25.9 Å². The topological polar surface area (TPSA) is 277 Å². The summed E-state index contributed by atoms with van der Waals surface area (Å²) < 4.78 is 0. The number of nitrogens with one attached hydrogen (secondary N) is 4. The number of rotatable bonds is 19. The van der Waals surface area contributed by atoms with Crippen LogP contribution < -0.4 is 38.9 Å². The third-order valence-corrected chi connectivity index (χ3v) is 7.61. The largest absolute Gasteiger partial charge is 0.508 e. The molecule has 4 atom stereocenters. The Morgan fingerprint density at radius 1 is 0.809 bits per heavy atom. The fraction of sp³-hybridized carbons (Fsp3) is 0.406. The summed E-state index contributed by atoms with van der Waals surface area (Å²) in [6, 6.07) is 8.83. The number of hydrogen-bond donors (Lipinski definition) is 10. The number of carboxylic acids is 1. The molecule has 2 aromatic carbocycles. The van der Waals surface area contributed by atoms with E-state index in [-0.39, 0.29) is 37.5 Å². The molecule has 47 heavy (non-hydrogen) atoms. The first-order valence-corrected chi connectivity index (χ1v) is 15.5. The number of aromatic amines is 1. The van der Waals surface area contributed by atoms with Crippen molar-refractivity contribution in [2.75, 3.05) is 13.1 Å². The van der Waals surface area contributed by atoms with E-state index in [0.29, 0.717) is 43.4 Å². The molecule has 3 aromatic rings. The molecule has 15 nitrogen and oxygen atoms in total. The molecule has 0 aliphatic rings. The van der Waals surface area contributed by atoms with Gasteiger partial charge in [0.2, 0.25) is 17.7 Å². The number of aliphatic carboxylic acids is 1. The molecule has 1 aromatic heterocycles. The number of benzene rings is 2. The zero-order valence-electron chi connectivity index (χ0n) is 26.2. The van der Waals surface area contributed by atoms with Gasteiger partial charge in [0.15, 0.2) is 5.96 Å². The molecule has 254 valence electrons. The van der Waals surface area contributed by atoms with Gasteiger partial charge in [-0.1, -0.05) is 36.8 Å². The van der Waals surface area contributed by atoms with Crippen LogP contribution in [0.4, 0.5) is 0 Å². The number of aliphatic imine (C=N–C) groups is 1. The lowest BCUT2D eigenvalue weighted by Crippen LogP contribution is -2.57. The van der Waals surface area contributed by atoms with Gasteiger partial charge in [-0.15, -0.1) is 0 Å². The lowest BCUT2D eigenvalue weighted by atomic mass is 10.0. The number of aromatic hydroxyl groups is 1. The number of para-hydroxylation sites is 1. The van der Waals surface area contributed by atoms with Crippen molar-refractivity contribution in [2.45, 2.75) is 69.1 Å². The normalized spacial score (nSPS) is 13.6. The number of aromatic nitrogens is 1. The average Bonchev–Trinajstić information content (AvgIpc) is 3.45. The Balaban J connectivity index is 1.85. The lowest BCUT2D eigenvalue weighted by Gasteiger charge is -2.25. The molecule has 0 aliphatic carbocycles. The molecule has 3 amide bonds. The molecule has 0 spiro atoms. The molecule has 15 heteroatoms. The van der Waals surface area contributed by atoms with Crippen molar-refractivity contribution in [3.63, 3.8) is 0 Å². The van der Waals surface area contributed by atoms with Crippen LogP contribution in [-0.2, 0) is 32.0 Å². The summed E-state index contributed by atoms with van der Waals surface area (Å²) >= 11 is 0. The summed E-state index contributed by atoms with van der Waals surface area (Å²) in [5, 5.41) is 28.3. The predicted octanol–water partition coefficient (Wildman–Crippen LogP) is -0.292. The number of carboxylic acid groups (broad SMARTS) is 1. The second kappa shape index (κ2) is 18.1. The SMILES string of the molecule is NCCCCC(N)C(=O)NC(CCCN=C(N)N)C(=O)NC(Cc1c[nH]c2ccccc12)C(=O)NC(Cc1ccc(O)cc1)C(=O)O. The summed E-state index contributed by atoms with van der Waals surface area (Å²) in [5.74, 6) is -3.32. The van der Waals surface area contributed by atoms with E-state index in [1.165, 1.54) is 12.1 Å². The van der Waals surface area contributed by atoms with E-state index in [0.717, 1.165) is 10.9 Å². The first kappa shape index (κ1) is 36.3. The van der Waals surface area contributed by atoms with Gasteiger partial charge in [-0.3, -0.25) is 19.4 Å². The number of fused-ring (bicyclic) bond motifs is 1. The molecule has 0 bridgehead atoms. The van der Waals surface area contributed by atoms with E-state index < -0.39 is 47.9 Å². The number of H-pyrrole nitrogens is 1. The first-order chi connectivity index (χ1) is 22.5. The highest BCUT2D eigenvalue weighted by Gasteiger charge is 2.31. The Hall–Kier alpha value is -5.15. The highest BCUT2D eigenvalue weighted by Crippen LogP contribution is 2.20. The number of carbonyl (C=O) groups excluding carboxylic acids is 3. The van der Waals surface area contributed by atoms with Crippen LogP contribution in [-0.4, -0.2) is 82.1 Å². The van der Waals surface area contributed by atoms with E-state index >= 15 is 0 Å². The minimum absolute atomic E-state index is 0.0143. The van der Waals surface area contributed by atoms with Crippen LogP contribution in [0.5, 0.6) is 5.75 Å². The minimum Gasteiger partial charge on any atom is -0.508 e. The fourth-order valence-corrected chi connectivity index (χ4v) is 5.03. The number of hydrogen-bond acceptors (Lipinski definition) is 8. The Morgan fingerprint density at radius 2 is 1.47 bits per heavy atom. The maximum atomic E-state index is 13.7. The quantitative estimate of drug-likeness (QED) is 0.0459. The summed E-state index contributed by atoms with van der Waals surface area (Å²) in [7, 11) is 0. The molecule has 0 radical (unpaired) electrons. The predicted molar refractivity (Wildman–Crippen MR) is 178 cm³/mol. The number of phenols is 1. The molecule has 0 saturated carbocycles. The number of phenolic OH excluding ortho intramolecular Hbond substituents is 1. The van der Waals surface area contributed by atoms with Crippen LogP contribution in [0.1, 0.15) is 43.2 Å². The highest BCUT2D eigenvalue weighted by atomic mass is 16.4. The minimum atomic E-state index is -1.34. The monoisotopic (exact) mass is 651 g/mol. The van der Waals surface area contributed by atoms with Crippen LogP contribution in [0.3, 0.4) is 0 Å². The molecule has 0 saturated heterocycles. The van der Waals surface area contributed by atoms with Crippen molar-refractivity contribution < 1.29 is 29.4 Å². The van der Waals surface area contributed by atoms with Crippen LogP contribution >= 0.6 is 0 Å². The van der Waals surface area contributed by atoms with Crippen LogP contribution in [0.2, 0.25) is 0 Å². The van der Waals surface area contributed by atoms with Crippen molar-refractivity contribution in [1.82, 2.24) is 20.9 Å². The van der Waals surface area contributed by atoms with Crippen molar-refractivity contribution >= 4 is 40.6 Å². The Morgan fingerprint density at radius 3 is 2.15 bits per heavy atom. The van der Waals surface area contributed by atoms with Crippen LogP contribution in [0, 0.1) is 0 Å². The number of amides is 3. The lowest BCUT2D eigenvalue weighted by molar-refractivity contribution is -0.142. The van der Waals surface area contributed by atoms with Gasteiger partial charge < -0.3 is 54.1 Å². The molecule has 0 fully saturated rings. The third-order valence-electron chi connectivity index (χ3n) is 7.61. The van der Waals surface area contributed by atoms with Gasteiger partial charge in [0.1, 0.15) is 23.9 Å². The Bertz CT molecular complexity index is 1520. The van der Waals surface area contributed by atoms with Crippen molar-refractivity contribution in [3.05, 3.63) is 65.9 Å². The van der Waals surface area contributed by atoms with Crippen LogP contribution in [0.15, 0.2) is 59.7 Å². The molecule has 3 rings (SSSR count). The van der Waals surface area contributed by atoms with Gasteiger partial charge in [0.25, 0.3) is 0 Å². The number of nitrogens with zero attached hydrogens (tertiary/aromatic N) is 1. The van der Waals surface area contributed by atoms with E-state index in [1.54, 1.807) is 18.3 Å². The van der Waals surface area contributed by atoms with Gasteiger partial charge in [-0.05, 0) is 61.6 Å². The Labute approximate surface area is 272 Å². The van der Waals surface area contributed by atoms with Gasteiger partial charge >= 0.3 is 5.97 Å². The molecule has 0 aliphatic heterocycles. The zero-order chi connectivity index (χ0) is 34.3. The Kier molecular flexibility index (Phi) is 14.0. The van der Waals surface area contributed by atoms with Gasteiger partial charge in [0, 0.05) is 36.5 Å². The number of unbranched alkanes of at least 4 members (excludes halogenated alkanes) is 1. The van der Waals surface area contributed by atoms with Gasteiger partial charge in [-0.2, -0.15) is 0 Å². The standard InChI is InChI=1S/C32H45N9O6/c33-14-4-3-7-23(34)28(43)39-25(9-5-15-37-32(35)36)29(44)40-26(17-20-18-38-24-8-2-1-6-22(20)24)30(45)41-27(31(46)47)16-19-10-12-21(42)13-11-19/h1-2,6,8,10-13,18,23,25-27,38,42H,3-5,7,9,14-17,33-34H2,(H,39,43)(H,40,44)(H,41,45)(H,46,47)(H4,35,36,37). The molecule has 4 unspecified atom stereocenters. The second-order valence-electron chi connectivity index (χ2n) is 11.3. The zero-order valence-corrected chi connectivity index (χ0v) is 26.2. The first-order valence-electron chi connectivity index (χ1n) is 15.5. The number of guanidine groups is 1. The van der Waals surface area contributed by atoms with Crippen molar-refractivity contribution in [1.29, 1.82) is 0 Å². The smallest absolute Gasteiger partial charge is 0.326 e. The molecule has 14 N–H and O–H groups in total. The number of nitrogens with two attached hydrogens (primary N) is 4. The van der Waals surface area contributed by atoms with Gasteiger partial charge in [0.05, 0.1) is 6.04 Å². The third kappa shape index (κ3) is 11.6. The maximum absolute atomic E-state index is 13.7. The van der Waals surface area contributed by atoms with Gasteiger partial charge in [-0.25, -0.2) is 4.79 Å². The summed E-state index contributed by atoms with van der Waals surface area (Å²) in [6.07, 6.45) is 3.81. The van der Waals surface area contributed by atoms with E-state index in [9.17, 15) is 29.4 Å². The molecule has 1 heterocycles. The summed E-state index contributed by atoms with van der Waals surface area (Å²) in [6.45, 7) is 0.656. The van der Waals surface area contributed by atoms with E-state index in [1.807, 2.05) is 24.3 Å². The van der Waals surface area contributed by atoms with Crippen molar-refractivity contribution in [3.8, 4) is 5.75 Å².